The fourth-order valence-corrected chi connectivity index (χ4v) is 3.05. The zero-order valence-corrected chi connectivity index (χ0v) is 12.2. The van der Waals surface area contributed by atoms with Crippen molar-refractivity contribution >= 4 is 22.6 Å². The normalized spacial score (nSPS) is 21.5. The average Bonchev–Trinajstić information content (AvgIpc) is 2.54. The van der Waals surface area contributed by atoms with Gasteiger partial charge in [0, 0.05) is 23.8 Å². The highest BCUT2D eigenvalue weighted by Gasteiger charge is 2.27. The lowest BCUT2D eigenvalue weighted by molar-refractivity contribution is -0.142. The summed E-state index contributed by atoms with van der Waals surface area (Å²) in [6.45, 7) is 0. The first kappa shape index (κ1) is 14.5. The topological polar surface area (TPSA) is 79.3 Å². The zero-order valence-electron chi connectivity index (χ0n) is 12.2. The predicted octanol–water partition coefficient (Wildman–Crippen LogP) is 2.61. The van der Waals surface area contributed by atoms with Crippen molar-refractivity contribution in [2.75, 3.05) is 0 Å². The Morgan fingerprint density at radius 3 is 2.55 bits per heavy atom. The van der Waals surface area contributed by atoms with Gasteiger partial charge in [-0.2, -0.15) is 0 Å². The van der Waals surface area contributed by atoms with Gasteiger partial charge in [-0.1, -0.05) is 24.3 Å². The number of hydrogen-bond donors (Lipinski definition) is 2. The first-order valence-electron chi connectivity index (χ1n) is 7.51. The number of fused-ring (bicyclic) bond motifs is 1. The van der Waals surface area contributed by atoms with Gasteiger partial charge in [0.1, 0.15) is 0 Å². The number of carbonyl (C=O) groups is 2. The minimum absolute atomic E-state index is 0.0436. The smallest absolute Gasteiger partial charge is 0.306 e. The number of carboxylic acids is 1. The van der Waals surface area contributed by atoms with Crippen molar-refractivity contribution in [3.05, 3.63) is 42.2 Å². The van der Waals surface area contributed by atoms with Crippen LogP contribution in [0.2, 0.25) is 0 Å². The summed E-state index contributed by atoms with van der Waals surface area (Å²) in [6, 6.07) is 7.70. The summed E-state index contributed by atoms with van der Waals surface area (Å²) in [5.74, 6) is -1.14. The highest BCUT2D eigenvalue weighted by atomic mass is 16.4. The maximum absolute atomic E-state index is 12.5. The molecule has 1 saturated carbocycles. The SMILES string of the molecule is O=C(NC1CCC(C(=O)O)CC1)c1cncc2ccccc12. The Bertz CT molecular complexity index is 701. The monoisotopic (exact) mass is 298 g/mol. The van der Waals surface area contributed by atoms with E-state index in [2.05, 4.69) is 10.3 Å². The van der Waals surface area contributed by atoms with E-state index in [1.807, 2.05) is 24.3 Å². The summed E-state index contributed by atoms with van der Waals surface area (Å²) in [4.78, 5) is 27.6. The molecule has 1 aromatic heterocycles. The Hall–Kier alpha value is -2.43. The van der Waals surface area contributed by atoms with Crippen molar-refractivity contribution in [3.8, 4) is 0 Å². The minimum Gasteiger partial charge on any atom is -0.481 e. The Kier molecular flexibility index (Phi) is 4.04. The van der Waals surface area contributed by atoms with Crippen LogP contribution < -0.4 is 5.32 Å². The van der Waals surface area contributed by atoms with Gasteiger partial charge in [0.2, 0.25) is 0 Å². The number of benzene rings is 1. The number of carbonyl (C=O) groups excluding carboxylic acids is 1. The van der Waals surface area contributed by atoms with Crippen LogP contribution in [0.4, 0.5) is 0 Å². The molecule has 1 fully saturated rings. The van der Waals surface area contributed by atoms with E-state index in [1.54, 1.807) is 12.4 Å². The van der Waals surface area contributed by atoms with Gasteiger partial charge in [-0.05, 0) is 31.1 Å². The van der Waals surface area contributed by atoms with Gasteiger partial charge in [0.15, 0.2) is 0 Å². The van der Waals surface area contributed by atoms with Gasteiger partial charge in [0.05, 0.1) is 11.5 Å². The molecule has 0 radical (unpaired) electrons. The van der Waals surface area contributed by atoms with E-state index in [0.717, 1.165) is 10.8 Å². The molecule has 0 atom stereocenters. The van der Waals surface area contributed by atoms with Crippen LogP contribution in [0.5, 0.6) is 0 Å². The maximum atomic E-state index is 12.5. The molecule has 0 unspecified atom stereocenters. The van der Waals surface area contributed by atoms with Crippen LogP contribution in [0.15, 0.2) is 36.7 Å². The first-order valence-corrected chi connectivity index (χ1v) is 7.51. The lowest BCUT2D eigenvalue weighted by atomic mass is 9.86. The number of pyridine rings is 1. The summed E-state index contributed by atoms with van der Waals surface area (Å²) < 4.78 is 0. The molecule has 1 amide bonds. The molecule has 5 heteroatoms. The molecular formula is C17H18N2O3. The van der Waals surface area contributed by atoms with Gasteiger partial charge in [-0.15, -0.1) is 0 Å². The van der Waals surface area contributed by atoms with Crippen molar-refractivity contribution < 1.29 is 14.7 Å². The highest BCUT2D eigenvalue weighted by Crippen LogP contribution is 2.25. The van der Waals surface area contributed by atoms with Gasteiger partial charge >= 0.3 is 5.97 Å². The molecule has 114 valence electrons. The molecule has 2 aromatic rings. The van der Waals surface area contributed by atoms with Crippen molar-refractivity contribution in [2.45, 2.75) is 31.7 Å². The van der Waals surface area contributed by atoms with Crippen LogP contribution >= 0.6 is 0 Å². The lowest BCUT2D eigenvalue weighted by Crippen LogP contribution is -2.38. The number of amides is 1. The molecule has 0 spiro atoms. The molecule has 1 aliphatic carbocycles. The molecule has 22 heavy (non-hydrogen) atoms. The van der Waals surface area contributed by atoms with E-state index in [9.17, 15) is 9.59 Å². The number of aromatic nitrogens is 1. The molecular weight excluding hydrogens is 280 g/mol. The summed E-state index contributed by atoms with van der Waals surface area (Å²) in [6.07, 6.45) is 5.98. The summed E-state index contributed by atoms with van der Waals surface area (Å²) in [5, 5.41) is 13.8. The average molecular weight is 298 g/mol. The van der Waals surface area contributed by atoms with Gasteiger partial charge in [0.25, 0.3) is 5.91 Å². The fourth-order valence-electron chi connectivity index (χ4n) is 3.05. The van der Waals surface area contributed by atoms with Crippen molar-refractivity contribution in [3.63, 3.8) is 0 Å². The number of aliphatic carboxylic acids is 1. The molecule has 5 nitrogen and oxygen atoms in total. The summed E-state index contributed by atoms with van der Waals surface area (Å²) >= 11 is 0. The van der Waals surface area contributed by atoms with E-state index < -0.39 is 5.97 Å². The van der Waals surface area contributed by atoms with Crippen molar-refractivity contribution in [2.24, 2.45) is 5.92 Å². The maximum Gasteiger partial charge on any atom is 0.306 e. The molecule has 2 N–H and O–H groups in total. The summed E-state index contributed by atoms with van der Waals surface area (Å²) in [5.41, 5.74) is 0.568. The number of nitrogens with zero attached hydrogens (tertiary/aromatic N) is 1. The minimum atomic E-state index is -0.733. The zero-order chi connectivity index (χ0) is 15.5. The number of rotatable bonds is 3. The van der Waals surface area contributed by atoms with E-state index in [1.165, 1.54) is 0 Å². The lowest BCUT2D eigenvalue weighted by Gasteiger charge is -2.26. The molecule has 0 bridgehead atoms. The number of hydrogen-bond acceptors (Lipinski definition) is 3. The second-order valence-electron chi connectivity index (χ2n) is 5.77. The van der Waals surface area contributed by atoms with Gasteiger partial charge in [-0.25, -0.2) is 0 Å². The van der Waals surface area contributed by atoms with Gasteiger partial charge < -0.3 is 10.4 Å². The van der Waals surface area contributed by atoms with Crippen LogP contribution in [0.1, 0.15) is 36.0 Å². The molecule has 1 aromatic carbocycles. The third kappa shape index (κ3) is 2.93. The summed E-state index contributed by atoms with van der Waals surface area (Å²) in [7, 11) is 0. The Morgan fingerprint density at radius 1 is 1.09 bits per heavy atom. The standard InChI is InChI=1S/C17H18N2O3/c20-16(19-13-7-5-11(6-8-13)17(21)22)15-10-18-9-12-3-1-2-4-14(12)15/h1-4,9-11,13H,5-8H2,(H,19,20)(H,21,22). The third-order valence-electron chi connectivity index (χ3n) is 4.32. The third-order valence-corrected chi connectivity index (χ3v) is 4.32. The molecule has 1 heterocycles. The van der Waals surface area contributed by atoms with E-state index in [-0.39, 0.29) is 17.9 Å². The fraction of sp³-hybridized carbons (Fsp3) is 0.353. The number of carboxylic acid groups (broad SMARTS) is 1. The molecule has 0 aliphatic heterocycles. The van der Waals surface area contributed by atoms with Crippen LogP contribution in [0, 0.1) is 5.92 Å². The Labute approximate surface area is 128 Å². The van der Waals surface area contributed by atoms with Crippen LogP contribution in [0.3, 0.4) is 0 Å². The van der Waals surface area contributed by atoms with E-state index in [4.69, 9.17) is 5.11 Å². The molecule has 1 aliphatic rings. The second kappa shape index (κ2) is 6.13. The van der Waals surface area contributed by atoms with Crippen LogP contribution in [-0.2, 0) is 4.79 Å². The predicted molar refractivity (Wildman–Crippen MR) is 82.6 cm³/mol. The molecule has 3 rings (SSSR count). The van der Waals surface area contributed by atoms with E-state index >= 15 is 0 Å². The van der Waals surface area contributed by atoms with Crippen molar-refractivity contribution in [1.29, 1.82) is 0 Å². The molecule has 0 saturated heterocycles. The van der Waals surface area contributed by atoms with Crippen molar-refractivity contribution in [1.82, 2.24) is 10.3 Å². The number of nitrogens with one attached hydrogen (secondary N) is 1. The van der Waals surface area contributed by atoms with E-state index in [0.29, 0.717) is 31.2 Å². The van der Waals surface area contributed by atoms with Crippen LogP contribution in [0.25, 0.3) is 10.8 Å². The van der Waals surface area contributed by atoms with Gasteiger partial charge in [-0.3, -0.25) is 14.6 Å². The second-order valence-corrected chi connectivity index (χ2v) is 5.77. The van der Waals surface area contributed by atoms with Crippen LogP contribution in [-0.4, -0.2) is 28.0 Å². The Balaban J connectivity index is 1.71. The largest absolute Gasteiger partial charge is 0.481 e. The highest BCUT2D eigenvalue weighted by molar-refractivity contribution is 6.06. The Morgan fingerprint density at radius 2 is 1.82 bits per heavy atom. The first-order chi connectivity index (χ1) is 10.6. The quantitative estimate of drug-likeness (QED) is 0.913.